The Bertz CT molecular complexity index is 868. The van der Waals surface area contributed by atoms with Crippen LogP contribution in [0.3, 0.4) is 0 Å². The Morgan fingerprint density at radius 3 is 3.00 bits per heavy atom. The van der Waals surface area contributed by atoms with E-state index in [1.807, 2.05) is 0 Å². The van der Waals surface area contributed by atoms with E-state index in [0.717, 1.165) is 4.52 Å². The number of aliphatic carboxylic acids is 1. The third-order valence-corrected chi connectivity index (χ3v) is 2.73. The minimum atomic E-state index is -0.920. The summed E-state index contributed by atoms with van der Waals surface area (Å²) >= 11 is 0. The maximum atomic E-state index is 11.4. The van der Waals surface area contributed by atoms with Gasteiger partial charge in [0.15, 0.2) is 5.65 Å². The van der Waals surface area contributed by atoms with Crippen LogP contribution in [-0.2, 0) is 11.2 Å². The highest BCUT2D eigenvalue weighted by atomic mass is 16.5. The molecule has 0 saturated heterocycles. The first-order valence-electron chi connectivity index (χ1n) is 6.05. The molecule has 0 atom stereocenters. The maximum absolute atomic E-state index is 11.4. The number of H-pyrrole nitrogens is 1. The zero-order valence-electron chi connectivity index (χ0n) is 10.7. The number of benzene rings is 1. The lowest BCUT2D eigenvalue weighted by atomic mass is 10.1. The Labute approximate surface area is 117 Å². The average Bonchev–Trinajstić information content (AvgIpc) is 2.80. The monoisotopic (exact) mass is 286 g/mol. The van der Waals surface area contributed by atoms with Gasteiger partial charge < -0.3 is 9.84 Å². The number of fused-ring (bicyclic) bond motifs is 1. The van der Waals surface area contributed by atoms with E-state index in [1.54, 1.807) is 36.4 Å². The van der Waals surface area contributed by atoms with Gasteiger partial charge in [-0.2, -0.15) is 9.61 Å². The molecule has 0 unspecified atom stereocenters. The van der Waals surface area contributed by atoms with E-state index in [-0.39, 0.29) is 12.3 Å². The molecule has 0 amide bonds. The first-order valence-corrected chi connectivity index (χ1v) is 6.05. The first-order chi connectivity index (χ1) is 10.1. The van der Waals surface area contributed by atoms with Crippen molar-refractivity contribution >= 4 is 11.6 Å². The molecule has 2 heterocycles. The molecular formula is C13H10N4O4. The first kappa shape index (κ1) is 12.9. The Morgan fingerprint density at radius 1 is 1.33 bits per heavy atom. The number of nitrogens with one attached hydrogen (secondary N) is 1. The molecule has 0 spiro atoms. The fourth-order valence-corrected chi connectivity index (χ4v) is 1.85. The molecule has 8 nitrogen and oxygen atoms in total. The average molecular weight is 286 g/mol. The van der Waals surface area contributed by atoms with E-state index in [0.29, 0.717) is 17.0 Å². The lowest BCUT2D eigenvalue weighted by Crippen LogP contribution is -2.12. The van der Waals surface area contributed by atoms with Gasteiger partial charge in [-0.15, -0.1) is 5.10 Å². The van der Waals surface area contributed by atoms with E-state index in [2.05, 4.69) is 15.3 Å². The van der Waals surface area contributed by atoms with Gasteiger partial charge in [-0.05, 0) is 23.8 Å². The lowest BCUT2D eigenvalue weighted by Gasteiger charge is -2.05. The maximum Gasteiger partial charge on any atom is 0.364 e. The zero-order chi connectivity index (χ0) is 14.8. The second kappa shape index (κ2) is 5.08. The molecule has 2 N–H and O–H groups in total. The van der Waals surface area contributed by atoms with Crippen molar-refractivity contribution in [1.29, 1.82) is 0 Å². The normalized spacial score (nSPS) is 10.7. The number of hydrogen-bond acceptors (Lipinski definition) is 5. The van der Waals surface area contributed by atoms with Crippen molar-refractivity contribution in [3.63, 3.8) is 0 Å². The number of rotatable bonds is 4. The number of carboxylic acids is 1. The van der Waals surface area contributed by atoms with E-state index >= 15 is 0 Å². The summed E-state index contributed by atoms with van der Waals surface area (Å²) in [4.78, 5) is 22.1. The van der Waals surface area contributed by atoms with Crippen LogP contribution >= 0.6 is 0 Å². The van der Waals surface area contributed by atoms with Gasteiger partial charge in [-0.1, -0.05) is 12.1 Å². The number of carboxylic acid groups (broad SMARTS) is 1. The highest BCUT2D eigenvalue weighted by molar-refractivity contribution is 5.70. The summed E-state index contributed by atoms with van der Waals surface area (Å²) in [6.07, 6.45) is -0.0924. The van der Waals surface area contributed by atoms with Gasteiger partial charge in [0.1, 0.15) is 5.75 Å². The fourth-order valence-electron chi connectivity index (χ4n) is 1.85. The highest BCUT2D eigenvalue weighted by Gasteiger charge is 2.06. The van der Waals surface area contributed by atoms with E-state index < -0.39 is 11.7 Å². The van der Waals surface area contributed by atoms with Crippen molar-refractivity contribution < 1.29 is 14.6 Å². The molecule has 0 aliphatic carbocycles. The molecule has 3 rings (SSSR count). The molecule has 1 aromatic carbocycles. The van der Waals surface area contributed by atoms with Gasteiger partial charge in [0.2, 0.25) is 5.88 Å². The molecule has 0 saturated carbocycles. The standard InChI is InChI=1S/C13H10N4O4/c18-12(19)7-8-2-1-3-9(6-8)21-11-5-4-10-14-15-13(20)17(10)16-11/h1-6H,7H2,(H,15,20)(H,18,19). The van der Waals surface area contributed by atoms with Crippen LogP contribution in [0, 0.1) is 0 Å². The van der Waals surface area contributed by atoms with Crippen LogP contribution in [0.2, 0.25) is 0 Å². The van der Waals surface area contributed by atoms with Crippen LogP contribution in [0.4, 0.5) is 0 Å². The third kappa shape index (κ3) is 2.73. The zero-order valence-corrected chi connectivity index (χ0v) is 10.7. The summed E-state index contributed by atoms with van der Waals surface area (Å²) in [7, 11) is 0. The van der Waals surface area contributed by atoms with Crippen LogP contribution in [-0.4, -0.2) is 30.9 Å². The van der Waals surface area contributed by atoms with Gasteiger partial charge in [0.05, 0.1) is 6.42 Å². The largest absolute Gasteiger partial charge is 0.481 e. The number of nitrogens with zero attached hydrogens (tertiary/aromatic N) is 3. The Kier molecular flexibility index (Phi) is 3.11. The molecule has 2 aromatic heterocycles. The minimum Gasteiger partial charge on any atom is -0.481 e. The van der Waals surface area contributed by atoms with Crippen LogP contribution in [0.5, 0.6) is 11.6 Å². The second-order valence-corrected chi connectivity index (χ2v) is 4.29. The molecule has 21 heavy (non-hydrogen) atoms. The summed E-state index contributed by atoms with van der Waals surface area (Å²) < 4.78 is 6.61. The molecule has 0 fully saturated rings. The quantitative estimate of drug-likeness (QED) is 0.735. The highest BCUT2D eigenvalue weighted by Crippen LogP contribution is 2.20. The topological polar surface area (TPSA) is 110 Å². The summed E-state index contributed by atoms with van der Waals surface area (Å²) in [5.74, 6) is -0.271. The molecule has 106 valence electrons. The van der Waals surface area contributed by atoms with Crippen LogP contribution < -0.4 is 10.4 Å². The van der Waals surface area contributed by atoms with E-state index in [9.17, 15) is 9.59 Å². The summed E-state index contributed by atoms with van der Waals surface area (Å²) in [6, 6.07) is 9.82. The van der Waals surface area contributed by atoms with Crippen LogP contribution in [0.1, 0.15) is 5.56 Å². The van der Waals surface area contributed by atoms with Gasteiger partial charge >= 0.3 is 11.7 Å². The van der Waals surface area contributed by atoms with E-state index in [4.69, 9.17) is 9.84 Å². The SMILES string of the molecule is O=C(O)Cc1cccc(Oc2ccc3n[nH]c(=O)n3n2)c1. The second-order valence-electron chi connectivity index (χ2n) is 4.29. The van der Waals surface area contributed by atoms with Crippen molar-refractivity contribution in [3.05, 3.63) is 52.4 Å². The predicted octanol–water partition coefficient (Wildman–Crippen LogP) is 0.837. The molecule has 0 radical (unpaired) electrons. The van der Waals surface area contributed by atoms with Gasteiger partial charge in [0.25, 0.3) is 0 Å². The fraction of sp³-hybridized carbons (Fsp3) is 0.0769. The number of aromatic nitrogens is 4. The smallest absolute Gasteiger partial charge is 0.364 e. The van der Waals surface area contributed by atoms with Crippen LogP contribution in [0.15, 0.2) is 41.2 Å². The number of aromatic amines is 1. The lowest BCUT2D eigenvalue weighted by molar-refractivity contribution is -0.136. The number of hydrogen-bond donors (Lipinski definition) is 2. The molecule has 0 aliphatic rings. The molecule has 3 aromatic rings. The molecule has 8 heteroatoms. The van der Waals surface area contributed by atoms with Crippen molar-refractivity contribution in [2.24, 2.45) is 0 Å². The summed E-state index contributed by atoms with van der Waals surface area (Å²) in [6.45, 7) is 0. The third-order valence-electron chi connectivity index (χ3n) is 2.73. The van der Waals surface area contributed by atoms with Crippen molar-refractivity contribution in [2.45, 2.75) is 6.42 Å². The van der Waals surface area contributed by atoms with Gasteiger partial charge in [0, 0.05) is 6.07 Å². The number of ether oxygens (including phenoxy) is 1. The Hall–Kier alpha value is -3.16. The predicted molar refractivity (Wildman–Crippen MR) is 71.5 cm³/mol. The van der Waals surface area contributed by atoms with E-state index in [1.165, 1.54) is 0 Å². The molecule has 0 bridgehead atoms. The van der Waals surface area contributed by atoms with Crippen LogP contribution in [0.25, 0.3) is 5.65 Å². The van der Waals surface area contributed by atoms with Crippen molar-refractivity contribution in [1.82, 2.24) is 19.8 Å². The Morgan fingerprint density at radius 2 is 2.19 bits per heavy atom. The minimum absolute atomic E-state index is 0.0924. The summed E-state index contributed by atoms with van der Waals surface area (Å²) in [5.41, 5.74) is 0.531. The summed E-state index contributed by atoms with van der Waals surface area (Å²) in [5, 5.41) is 18.8. The van der Waals surface area contributed by atoms with Crippen molar-refractivity contribution in [3.8, 4) is 11.6 Å². The number of carbonyl (C=O) groups is 1. The van der Waals surface area contributed by atoms with Gasteiger partial charge in [-0.25, -0.2) is 9.89 Å². The van der Waals surface area contributed by atoms with Crippen molar-refractivity contribution in [2.75, 3.05) is 0 Å². The van der Waals surface area contributed by atoms with Gasteiger partial charge in [-0.3, -0.25) is 4.79 Å². The Balaban J connectivity index is 1.89. The molecular weight excluding hydrogens is 276 g/mol. The molecule has 0 aliphatic heterocycles.